The molecule has 2 aliphatic rings. The Balaban J connectivity index is 1.93. The van der Waals surface area contributed by atoms with Crippen LogP contribution in [0.1, 0.15) is 38.5 Å². The van der Waals surface area contributed by atoms with E-state index < -0.39 is 29.3 Å². The fourth-order valence-corrected chi connectivity index (χ4v) is 2.33. The molecule has 0 heterocycles. The predicted octanol–water partition coefficient (Wildman–Crippen LogP) is 1.78. The van der Waals surface area contributed by atoms with Crippen molar-refractivity contribution in [1.29, 1.82) is 0 Å². The lowest BCUT2D eigenvalue weighted by Gasteiger charge is -2.41. The van der Waals surface area contributed by atoms with Crippen molar-refractivity contribution >= 4 is 12.0 Å². The molecule has 3 N–H and O–H groups in total. The first-order valence-corrected chi connectivity index (χ1v) is 6.07. The van der Waals surface area contributed by atoms with Crippen molar-refractivity contribution < 1.29 is 27.9 Å². The maximum Gasteiger partial charge on any atom is 0.411 e. The monoisotopic (exact) mass is 280 g/mol. The molecule has 5 nitrogen and oxygen atoms in total. The Kier molecular flexibility index (Phi) is 3.14. The van der Waals surface area contributed by atoms with Crippen LogP contribution >= 0.6 is 0 Å². The number of carbonyl (C=O) groups is 2. The molecule has 2 saturated carbocycles. The molecule has 0 aromatic carbocycles. The van der Waals surface area contributed by atoms with Gasteiger partial charge in [0, 0.05) is 0 Å². The first-order chi connectivity index (χ1) is 8.68. The second-order valence-corrected chi connectivity index (χ2v) is 5.36. The second-order valence-electron chi connectivity index (χ2n) is 5.36. The van der Waals surface area contributed by atoms with Crippen LogP contribution in [0.3, 0.4) is 0 Å². The summed E-state index contributed by atoms with van der Waals surface area (Å²) in [4.78, 5) is 22.3. The number of carboxylic acid groups (broad SMARTS) is 1. The smallest absolute Gasteiger partial charge is 0.411 e. The average Bonchev–Trinajstić information content (AvgIpc) is 2.93. The highest BCUT2D eigenvalue weighted by Gasteiger charge is 2.64. The molecule has 108 valence electrons. The molecule has 0 radical (unpaired) electrons. The molecule has 2 aliphatic carbocycles. The number of nitrogens with one attached hydrogen (secondary N) is 2. The highest BCUT2D eigenvalue weighted by Crippen LogP contribution is 2.49. The molecule has 2 fully saturated rings. The van der Waals surface area contributed by atoms with E-state index in [0.29, 0.717) is 12.8 Å². The Morgan fingerprint density at radius 2 is 1.68 bits per heavy atom. The molecule has 0 spiro atoms. The van der Waals surface area contributed by atoms with E-state index in [2.05, 4.69) is 5.32 Å². The van der Waals surface area contributed by atoms with Crippen LogP contribution in [0.4, 0.5) is 18.0 Å². The van der Waals surface area contributed by atoms with Gasteiger partial charge in [-0.2, -0.15) is 13.2 Å². The van der Waals surface area contributed by atoms with Crippen LogP contribution in [-0.2, 0) is 4.79 Å². The molecule has 0 saturated heterocycles. The zero-order chi connectivity index (χ0) is 14.3. The van der Waals surface area contributed by atoms with Crippen molar-refractivity contribution in [3.63, 3.8) is 0 Å². The quantitative estimate of drug-likeness (QED) is 0.734. The van der Waals surface area contributed by atoms with E-state index >= 15 is 0 Å². The Hall–Kier alpha value is -1.47. The summed E-state index contributed by atoms with van der Waals surface area (Å²) >= 11 is 0. The highest BCUT2D eigenvalue weighted by molar-refractivity contribution is 5.78. The van der Waals surface area contributed by atoms with Crippen molar-refractivity contribution in [3.8, 4) is 0 Å². The van der Waals surface area contributed by atoms with Crippen LogP contribution < -0.4 is 10.6 Å². The van der Waals surface area contributed by atoms with E-state index in [1.165, 1.54) is 0 Å². The number of alkyl halides is 3. The SMILES string of the molecule is O=C(O)CC1(NC(=O)NC2(C(F)(F)F)CC2)CCC1. The summed E-state index contributed by atoms with van der Waals surface area (Å²) in [5.74, 6) is -1.07. The van der Waals surface area contributed by atoms with Gasteiger partial charge >= 0.3 is 18.2 Å². The Morgan fingerprint density at radius 1 is 1.11 bits per heavy atom. The standard InChI is InChI=1S/C11H15F3N2O3/c12-11(13,14)10(4-5-10)16-8(19)15-9(2-1-3-9)6-7(17)18/h1-6H2,(H,17,18)(H2,15,16,19). The third-order valence-electron chi connectivity index (χ3n) is 3.82. The maximum absolute atomic E-state index is 12.7. The topological polar surface area (TPSA) is 78.4 Å². The van der Waals surface area contributed by atoms with Gasteiger partial charge in [-0.05, 0) is 32.1 Å². The zero-order valence-electron chi connectivity index (χ0n) is 10.1. The summed E-state index contributed by atoms with van der Waals surface area (Å²) < 4.78 is 38.0. The molecule has 19 heavy (non-hydrogen) atoms. The van der Waals surface area contributed by atoms with E-state index in [-0.39, 0.29) is 19.3 Å². The largest absolute Gasteiger partial charge is 0.481 e. The Labute approximate surface area is 107 Å². The molecular weight excluding hydrogens is 265 g/mol. The third-order valence-corrected chi connectivity index (χ3v) is 3.82. The van der Waals surface area contributed by atoms with Gasteiger partial charge in [0.25, 0.3) is 0 Å². The van der Waals surface area contributed by atoms with Gasteiger partial charge in [0.05, 0.1) is 12.0 Å². The van der Waals surface area contributed by atoms with E-state index in [0.717, 1.165) is 6.42 Å². The Bertz CT molecular complexity index is 400. The summed E-state index contributed by atoms with van der Waals surface area (Å²) in [5, 5.41) is 13.1. The molecule has 0 unspecified atom stereocenters. The first-order valence-electron chi connectivity index (χ1n) is 6.07. The number of urea groups is 1. The van der Waals surface area contributed by atoms with Gasteiger partial charge in [-0.3, -0.25) is 4.79 Å². The van der Waals surface area contributed by atoms with E-state index in [1.807, 2.05) is 5.32 Å². The van der Waals surface area contributed by atoms with Gasteiger partial charge in [-0.25, -0.2) is 4.79 Å². The highest BCUT2D eigenvalue weighted by atomic mass is 19.4. The first kappa shape index (κ1) is 14.0. The van der Waals surface area contributed by atoms with Crippen LogP contribution in [0.25, 0.3) is 0 Å². The van der Waals surface area contributed by atoms with Gasteiger partial charge in [0.1, 0.15) is 5.54 Å². The molecule has 0 aromatic rings. The van der Waals surface area contributed by atoms with Crippen LogP contribution in [-0.4, -0.2) is 34.4 Å². The molecule has 0 atom stereocenters. The predicted molar refractivity (Wildman–Crippen MR) is 58.5 cm³/mol. The minimum Gasteiger partial charge on any atom is -0.481 e. The number of amides is 2. The van der Waals surface area contributed by atoms with Gasteiger partial charge < -0.3 is 15.7 Å². The number of carboxylic acids is 1. The van der Waals surface area contributed by atoms with Crippen molar-refractivity contribution in [2.75, 3.05) is 0 Å². The fourth-order valence-electron chi connectivity index (χ4n) is 2.33. The summed E-state index contributed by atoms with van der Waals surface area (Å²) in [5.41, 5.74) is -3.01. The molecule has 0 bridgehead atoms. The van der Waals surface area contributed by atoms with E-state index in [9.17, 15) is 22.8 Å². The number of aliphatic carboxylic acids is 1. The van der Waals surface area contributed by atoms with E-state index in [4.69, 9.17) is 5.11 Å². The maximum atomic E-state index is 12.7. The number of hydrogen-bond donors (Lipinski definition) is 3. The number of hydrogen-bond acceptors (Lipinski definition) is 2. The molecule has 2 rings (SSSR count). The molecule has 8 heteroatoms. The fraction of sp³-hybridized carbons (Fsp3) is 0.818. The van der Waals surface area contributed by atoms with Crippen molar-refractivity contribution in [2.24, 2.45) is 0 Å². The van der Waals surface area contributed by atoms with Gasteiger partial charge in [0.2, 0.25) is 0 Å². The summed E-state index contributed by atoms with van der Waals surface area (Å²) in [6.07, 6.45) is -3.27. The molecule has 2 amide bonds. The van der Waals surface area contributed by atoms with Crippen LogP contribution in [0, 0.1) is 0 Å². The molecular formula is C11H15F3N2O3. The van der Waals surface area contributed by atoms with Crippen molar-refractivity contribution in [3.05, 3.63) is 0 Å². The minimum atomic E-state index is -4.47. The summed E-state index contributed by atoms with van der Waals surface area (Å²) in [7, 11) is 0. The average molecular weight is 280 g/mol. The second kappa shape index (κ2) is 4.28. The Morgan fingerprint density at radius 3 is 2.00 bits per heavy atom. The number of carbonyl (C=O) groups excluding carboxylic acids is 1. The van der Waals surface area contributed by atoms with Gasteiger partial charge in [0.15, 0.2) is 0 Å². The summed E-state index contributed by atoms with van der Waals surface area (Å²) in [6.45, 7) is 0. The molecule has 0 aliphatic heterocycles. The molecule has 0 aromatic heterocycles. The lowest BCUT2D eigenvalue weighted by Crippen LogP contribution is -2.60. The zero-order valence-corrected chi connectivity index (χ0v) is 10.1. The van der Waals surface area contributed by atoms with Crippen molar-refractivity contribution in [2.45, 2.75) is 55.8 Å². The van der Waals surface area contributed by atoms with Crippen molar-refractivity contribution in [1.82, 2.24) is 10.6 Å². The normalized spacial score (nSPS) is 23.1. The summed E-state index contributed by atoms with van der Waals surface area (Å²) in [6, 6.07) is -0.934. The van der Waals surface area contributed by atoms with Crippen LogP contribution in [0.5, 0.6) is 0 Å². The lowest BCUT2D eigenvalue weighted by atomic mass is 9.74. The van der Waals surface area contributed by atoms with Gasteiger partial charge in [-0.1, -0.05) is 0 Å². The number of halogens is 3. The van der Waals surface area contributed by atoms with Gasteiger partial charge in [-0.15, -0.1) is 0 Å². The number of rotatable bonds is 4. The van der Waals surface area contributed by atoms with Crippen LogP contribution in [0.2, 0.25) is 0 Å². The third kappa shape index (κ3) is 2.76. The minimum absolute atomic E-state index is 0.129. The van der Waals surface area contributed by atoms with E-state index in [1.54, 1.807) is 0 Å². The lowest BCUT2D eigenvalue weighted by molar-refractivity contribution is -0.163. The van der Waals surface area contributed by atoms with Crippen LogP contribution in [0.15, 0.2) is 0 Å².